The number of morpholine rings is 1. The molecule has 2 atom stereocenters. The second kappa shape index (κ2) is 6.86. The van der Waals surface area contributed by atoms with Crippen LogP contribution >= 0.6 is 0 Å². The minimum absolute atomic E-state index is 0.0787. The van der Waals surface area contributed by atoms with Crippen molar-refractivity contribution in [3.05, 3.63) is 35.9 Å². The van der Waals surface area contributed by atoms with Crippen LogP contribution in [0, 0.1) is 0 Å². The van der Waals surface area contributed by atoms with Gasteiger partial charge in [0.25, 0.3) is 0 Å². The van der Waals surface area contributed by atoms with E-state index in [0.29, 0.717) is 13.2 Å². The second-order valence-corrected chi connectivity index (χ2v) is 5.72. The minimum Gasteiger partial charge on any atom is -0.375 e. The third kappa shape index (κ3) is 4.05. The van der Waals surface area contributed by atoms with Crippen molar-refractivity contribution in [3.63, 3.8) is 0 Å². The summed E-state index contributed by atoms with van der Waals surface area (Å²) in [5.41, 5.74) is 1.21. The summed E-state index contributed by atoms with van der Waals surface area (Å²) in [5, 5.41) is 2.96. The lowest BCUT2D eigenvalue weighted by atomic mass is 10.0. The van der Waals surface area contributed by atoms with Crippen molar-refractivity contribution in [3.8, 4) is 0 Å². The first-order valence-electron chi connectivity index (χ1n) is 7.26. The predicted octanol–water partition coefficient (Wildman–Crippen LogP) is 1.97. The number of benzene rings is 1. The van der Waals surface area contributed by atoms with E-state index in [9.17, 15) is 4.79 Å². The van der Waals surface area contributed by atoms with Crippen LogP contribution in [0.5, 0.6) is 0 Å². The van der Waals surface area contributed by atoms with Crippen LogP contribution in [-0.4, -0.2) is 42.6 Å². The topological polar surface area (TPSA) is 41.6 Å². The van der Waals surface area contributed by atoms with E-state index in [0.717, 1.165) is 6.54 Å². The molecule has 1 aromatic rings. The van der Waals surface area contributed by atoms with Crippen LogP contribution in [0.15, 0.2) is 30.3 Å². The van der Waals surface area contributed by atoms with Gasteiger partial charge in [-0.05, 0) is 26.3 Å². The van der Waals surface area contributed by atoms with E-state index in [1.807, 2.05) is 32.0 Å². The first kappa shape index (κ1) is 15.0. The molecule has 1 aromatic carbocycles. The number of nitrogens with one attached hydrogen (secondary N) is 1. The summed E-state index contributed by atoms with van der Waals surface area (Å²) < 4.78 is 5.76. The lowest BCUT2D eigenvalue weighted by Gasteiger charge is -2.38. The zero-order chi connectivity index (χ0) is 14.5. The molecule has 1 aliphatic heterocycles. The molecule has 4 heteroatoms. The van der Waals surface area contributed by atoms with Gasteiger partial charge in [0.05, 0.1) is 25.3 Å². The zero-order valence-electron chi connectivity index (χ0n) is 12.5. The smallest absolute Gasteiger partial charge is 0.234 e. The van der Waals surface area contributed by atoms with Crippen LogP contribution in [0.3, 0.4) is 0 Å². The Labute approximate surface area is 121 Å². The predicted molar refractivity (Wildman–Crippen MR) is 79.4 cm³/mol. The molecule has 0 radical (unpaired) electrons. The Morgan fingerprint density at radius 3 is 2.75 bits per heavy atom. The molecular weight excluding hydrogens is 252 g/mol. The van der Waals surface area contributed by atoms with E-state index in [1.54, 1.807) is 0 Å². The van der Waals surface area contributed by atoms with Crippen molar-refractivity contribution in [1.29, 1.82) is 0 Å². The largest absolute Gasteiger partial charge is 0.375 e. The van der Waals surface area contributed by atoms with Crippen LogP contribution in [0.1, 0.15) is 32.4 Å². The van der Waals surface area contributed by atoms with Crippen molar-refractivity contribution in [2.45, 2.75) is 39.0 Å². The fraction of sp³-hybridized carbons (Fsp3) is 0.562. The first-order chi connectivity index (χ1) is 9.56. The molecular formula is C16H24N2O2. The fourth-order valence-electron chi connectivity index (χ4n) is 2.58. The van der Waals surface area contributed by atoms with Crippen LogP contribution < -0.4 is 5.32 Å². The highest BCUT2D eigenvalue weighted by atomic mass is 16.5. The maximum Gasteiger partial charge on any atom is 0.234 e. The molecule has 4 nitrogen and oxygen atoms in total. The van der Waals surface area contributed by atoms with E-state index >= 15 is 0 Å². The van der Waals surface area contributed by atoms with Crippen molar-refractivity contribution in [2.24, 2.45) is 0 Å². The molecule has 2 rings (SSSR count). The molecule has 0 saturated carbocycles. The second-order valence-electron chi connectivity index (χ2n) is 5.72. The Kier molecular flexibility index (Phi) is 5.15. The van der Waals surface area contributed by atoms with Crippen LogP contribution in [-0.2, 0) is 9.53 Å². The summed E-state index contributed by atoms with van der Waals surface area (Å²) in [6.07, 6.45) is 0.168. The average molecular weight is 276 g/mol. The average Bonchev–Trinajstić information content (AvgIpc) is 2.39. The lowest BCUT2D eigenvalue weighted by molar-refractivity contribution is -0.126. The van der Waals surface area contributed by atoms with Gasteiger partial charge in [-0.2, -0.15) is 0 Å². The molecule has 1 aliphatic rings. The molecule has 0 aliphatic carbocycles. The van der Waals surface area contributed by atoms with Crippen molar-refractivity contribution >= 4 is 5.91 Å². The van der Waals surface area contributed by atoms with Gasteiger partial charge in [-0.15, -0.1) is 0 Å². The molecule has 1 saturated heterocycles. The Morgan fingerprint density at radius 1 is 1.40 bits per heavy atom. The zero-order valence-corrected chi connectivity index (χ0v) is 12.5. The van der Waals surface area contributed by atoms with E-state index in [4.69, 9.17) is 4.74 Å². The summed E-state index contributed by atoms with van der Waals surface area (Å²) in [5.74, 6) is 0.0787. The van der Waals surface area contributed by atoms with E-state index in [-0.39, 0.29) is 24.1 Å². The van der Waals surface area contributed by atoms with Crippen molar-refractivity contribution in [2.75, 3.05) is 19.7 Å². The molecule has 2 unspecified atom stereocenters. The van der Waals surface area contributed by atoms with Gasteiger partial charge in [0, 0.05) is 12.6 Å². The van der Waals surface area contributed by atoms with Gasteiger partial charge in [-0.1, -0.05) is 30.3 Å². The van der Waals surface area contributed by atoms with Gasteiger partial charge in [-0.25, -0.2) is 0 Å². The summed E-state index contributed by atoms with van der Waals surface area (Å²) >= 11 is 0. The molecule has 1 N–H and O–H groups in total. The quantitative estimate of drug-likeness (QED) is 0.914. The number of nitrogens with zero attached hydrogens (tertiary/aromatic N) is 1. The molecule has 0 spiro atoms. The van der Waals surface area contributed by atoms with Gasteiger partial charge in [-0.3, -0.25) is 9.69 Å². The normalized spacial score (nSPS) is 23.8. The maximum atomic E-state index is 12.0. The Morgan fingerprint density at radius 2 is 2.10 bits per heavy atom. The van der Waals surface area contributed by atoms with Crippen LogP contribution in [0.25, 0.3) is 0 Å². The number of carbonyl (C=O) groups is 1. The summed E-state index contributed by atoms with van der Waals surface area (Å²) in [4.78, 5) is 14.2. The maximum absolute atomic E-state index is 12.0. The first-order valence-corrected chi connectivity index (χ1v) is 7.26. The summed E-state index contributed by atoms with van der Waals surface area (Å²) in [6, 6.07) is 10.6. The lowest BCUT2D eigenvalue weighted by Crippen LogP contribution is -2.48. The van der Waals surface area contributed by atoms with Crippen molar-refractivity contribution < 1.29 is 9.53 Å². The van der Waals surface area contributed by atoms with Crippen LogP contribution in [0.4, 0.5) is 0 Å². The SMILES string of the molecule is CC(C)NC(=O)CN1CC(C)OCC1c1ccccc1. The molecule has 0 bridgehead atoms. The number of amides is 1. The number of rotatable bonds is 4. The van der Waals surface area contributed by atoms with Crippen LogP contribution in [0.2, 0.25) is 0 Å². The third-order valence-corrected chi connectivity index (χ3v) is 3.45. The summed E-state index contributed by atoms with van der Waals surface area (Å²) in [6.45, 7) is 7.86. The van der Waals surface area contributed by atoms with E-state index in [2.05, 4.69) is 29.3 Å². The molecule has 110 valence electrons. The molecule has 1 fully saturated rings. The van der Waals surface area contributed by atoms with E-state index in [1.165, 1.54) is 5.56 Å². The van der Waals surface area contributed by atoms with Gasteiger partial charge < -0.3 is 10.1 Å². The number of ether oxygens (including phenoxy) is 1. The fourth-order valence-corrected chi connectivity index (χ4v) is 2.58. The molecule has 20 heavy (non-hydrogen) atoms. The number of carbonyl (C=O) groups excluding carboxylic acids is 1. The van der Waals surface area contributed by atoms with Gasteiger partial charge in [0.2, 0.25) is 5.91 Å². The highest BCUT2D eigenvalue weighted by Gasteiger charge is 2.29. The standard InChI is InChI=1S/C16H24N2O2/c1-12(2)17-16(19)10-18-9-13(3)20-11-15(18)14-7-5-4-6-8-14/h4-8,12-13,15H,9-11H2,1-3H3,(H,17,19). The van der Waals surface area contributed by atoms with Gasteiger partial charge >= 0.3 is 0 Å². The minimum atomic E-state index is 0.0787. The molecule has 1 heterocycles. The Balaban J connectivity index is 2.07. The molecule has 1 amide bonds. The summed E-state index contributed by atoms with van der Waals surface area (Å²) in [7, 11) is 0. The van der Waals surface area contributed by atoms with Gasteiger partial charge in [0.1, 0.15) is 0 Å². The molecule has 0 aromatic heterocycles. The van der Waals surface area contributed by atoms with E-state index < -0.39 is 0 Å². The highest BCUT2D eigenvalue weighted by Crippen LogP contribution is 2.25. The van der Waals surface area contributed by atoms with Crippen molar-refractivity contribution in [1.82, 2.24) is 10.2 Å². The monoisotopic (exact) mass is 276 g/mol. The number of hydrogen-bond acceptors (Lipinski definition) is 3. The Hall–Kier alpha value is -1.39. The highest BCUT2D eigenvalue weighted by molar-refractivity contribution is 5.78. The third-order valence-electron chi connectivity index (χ3n) is 3.45. The Bertz CT molecular complexity index is 433. The number of hydrogen-bond donors (Lipinski definition) is 1. The van der Waals surface area contributed by atoms with Gasteiger partial charge in [0.15, 0.2) is 0 Å².